The molecule has 0 aliphatic heterocycles. The largest absolute Gasteiger partial charge is 0.489 e. The first-order valence-corrected chi connectivity index (χ1v) is 11.6. The monoisotopic (exact) mass is 469 g/mol. The molecule has 0 saturated heterocycles. The van der Waals surface area contributed by atoms with Gasteiger partial charge in [0.15, 0.2) is 0 Å². The minimum Gasteiger partial charge on any atom is -0.489 e. The highest BCUT2D eigenvalue weighted by molar-refractivity contribution is 5.81. The molecular formula is C28H39NO5. The van der Waals surface area contributed by atoms with Gasteiger partial charge in [0.25, 0.3) is 0 Å². The Bertz CT molecular complexity index is 974. The highest BCUT2D eigenvalue weighted by Gasteiger charge is 2.26. The summed E-state index contributed by atoms with van der Waals surface area (Å²) in [6.45, 7) is 16.3. The SMILES string of the molecule is COC(=O)C(Cc1c(C)cc(OCc2ccc(C(C)(C)C)cc2)cc1C)NC(=O)OC(C)(C)C. The standard InChI is InChI=1S/C28H39NO5/c1-18-14-22(33-17-20-10-12-21(13-11-20)27(3,4)5)15-19(2)23(18)16-24(25(30)32-9)29-26(31)34-28(6,7)8/h10-15,24H,16-17H2,1-9H3,(H,29,31). The summed E-state index contributed by atoms with van der Waals surface area (Å²) in [6, 6.07) is 11.5. The summed E-state index contributed by atoms with van der Waals surface area (Å²) in [7, 11) is 1.30. The van der Waals surface area contributed by atoms with E-state index in [9.17, 15) is 9.59 Å². The third-order valence-electron chi connectivity index (χ3n) is 5.48. The molecule has 2 aromatic carbocycles. The van der Waals surface area contributed by atoms with Gasteiger partial charge in [-0.15, -0.1) is 0 Å². The van der Waals surface area contributed by atoms with E-state index in [2.05, 4.69) is 50.4 Å². The minimum atomic E-state index is -0.856. The van der Waals surface area contributed by atoms with Crippen LogP contribution in [0.3, 0.4) is 0 Å². The van der Waals surface area contributed by atoms with E-state index >= 15 is 0 Å². The van der Waals surface area contributed by atoms with Gasteiger partial charge in [-0.05, 0) is 80.0 Å². The van der Waals surface area contributed by atoms with Crippen molar-refractivity contribution in [2.75, 3.05) is 7.11 Å². The summed E-state index contributed by atoms with van der Waals surface area (Å²) in [5.74, 6) is 0.233. The van der Waals surface area contributed by atoms with Crippen molar-refractivity contribution in [1.82, 2.24) is 5.32 Å². The Morgan fingerprint density at radius 2 is 1.50 bits per heavy atom. The number of alkyl carbamates (subject to hydrolysis) is 1. The molecule has 0 aromatic heterocycles. The maximum Gasteiger partial charge on any atom is 0.408 e. The molecule has 0 saturated carbocycles. The molecule has 2 rings (SSSR count). The second-order valence-electron chi connectivity index (χ2n) is 10.7. The third kappa shape index (κ3) is 8.08. The Hall–Kier alpha value is -3.02. The summed E-state index contributed by atoms with van der Waals surface area (Å²) in [5.41, 5.74) is 4.73. The van der Waals surface area contributed by atoms with Crippen LogP contribution < -0.4 is 10.1 Å². The summed E-state index contributed by atoms with van der Waals surface area (Å²) in [6.07, 6.45) is -0.367. The second kappa shape index (κ2) is 10.9. The zero-order valence-electron chi connectivity index (χ0n) is 22.0. The van der Waals surface area contributed by atoms with Gasteiger partial charge in [0.2, 0.25) is 0 Å². The van der Waals surface area contributed by atoms with Crippen molar-refractivity contribution in [3.63, 3.8) is 0 Å². The van der Waals surface area contributed by atoms with E-state index < -0.39 is 23.7 Å². The smallest absolute Gasteiger partial charge is 0.408 e. The van der Waals surface area contributed by atoms with E-state index in [4.69, 9.17) is 14.2 Å². The molecule has 0 radical (unpaired) electrons. The number of amides is 1. The van der Waals surface area contributed by atoms with Crippen LogP contribution in [-0.4, -0.2) is 30.8 Å². The molecule has 1 N–H and O–H groups in total. The molecule has 34 heavy (non-hydrogen) atoms. The van der Waals surface area contributed by atoms with Crippen LogP contribution in [-0.2, 0) is 32.7 Å². The van der Waals surface area contributed by atoms with E-state index in [0.717, 1.165) is 28.0 Å². The molecule has 1 amide bonds. The predicted molar refractivity (Wildman–Crippen MR) is 134 cm³/mol. The van der Waals surface area contributed by atoms with Crippen LogP contribution in [0.25, 0.3) is 0 Å². The van der Waals surface area contributed by atoms with E-state index in [1.807, 2.05) is 26.0 Å². The van der Waals surface area contributed by atoms with Gasteiger partial charge >= 0.3 is 12.1 Å². The maximum absolute atomic E-state index is 12.3. The van der Waals surface area contributed by atoms with Gasteiger partial charge in [0.05, 0.1) is 7.11 Å². The van der Waals surface area contributed by atoms with Crippen LogP contribution in [0.5, 0.6) is 5.75 Å². The number of aryl methyl sites for hydroxylation is 2. The van der Waals surface area contributed by atoms with Crippen molar-refractivity contribution in [1.29, 1.82) is 0 Å². The number of carbonyl (C=O) groups is 2. The van der Waals surface area contributed by atoms with Crippen LogP contribution in [0, 0.1) is 13.8 Å². The molecule has 0 bridgehead atoms. The fourth-order valence-electron chi connectivity index (χ4n) is 3.62. The average molecular weight is 470 g/mol. The quantitative estimate of drug-likeness (QED) is 0.520. The first kappa shape index (κ1) is 27.2. The Labute approximate surface area is 204 Å². The first-order chi connectivity index (χ1) is 15.7. The zero-order chi connectivity index (χ0) is 25.7. The Morgan fingerprint density at radius 1 is 0.941 bits per heavy atom. The highest BCUT2D eigenvalue weighted by Crippen LogP contribution is 2.26. The summed E-state index contributed by atoms with van der Waals surface area (Å²) < 4.78 is 16.2. The third-order valence-corrected chi connectivity index (χ3v) is 5.48. The molecule has 1 atom stereocenters. The molecule has 186 valence electrons. The van der Waals surface area contributed by atoms with Crippen molar-refractivity contribution >= 4 is 12.1 Å². The zero-order valence-corrected chi connectivity index (χ0v) is 22.0. The lowest BCUT2D eigenvalue weighted by Crippen LogP contribution is -2.45. The molecular weight excluding hydrogens is 430 g/mol. The summed E-state index contributed by atoms with van der Waals surface area (Å²) in [5, 5.41) is 2.64. The minimum absolute atomic E-state index is 0.115. The molecule has 1 unspecified atom stereocenters. The Morgan fingerprint density at radius 3 is 1.97 bits per heavy atom. The van der Waals surface area contributed by atoms with Gasteiger partial charge in [-0.25, -0.2) is 9.59 Å². The molecule has 2 aromatic rings. The number of hydrogen-bond acceptors (Lipinski definition) is 5. The van der Waals surface area contributed by atoms with Crippen LogP contribution in [0.1, 0.15) is 69.4 Å². The van der Waals surface area contributed by atoms with Crippen LogP contribution in [0.2, 0.25) is 0 Å². The number of methoxy groups -OCH3 is 1. The Kier molecular flexibility index (Phi) is 8.76. The van der Waals surface area contributed by atoms with Gasteiger partial charge in [-0.2, -0.15) is 0 Å². The molecule has 0 fully saturated rings. The number of benzene rings is 2. The molecule has 6 heteroatoms. The lowest BCUT2D eigenvalue weighted by molar-refractivity contribution is -0.143. The van der Waals surface area contributed by atoms with E-state index in [1.165, 1.54) is 12.7 Å². The molecule has 0 spiro atoms. The number of esters is 1. The first-order valence-electron chi connectivity index (χ1n) is 11.6. The number of rotatable bonds is 7. The molecule has 0 aliphatic carbocycles. The van der Waals surface area contributed by atoms with Crippen molar-refractivity contribution in [3.05, 3.63) is 64.2 Å². The normalized spacial score (nSPS) is 12.6. The van der Waals surface area contributed by atoms with Crippen molar-refractivity contribution in [3.8, 4) is 5.75 Å². The lowest BCUT2D eigenvalue weighted by Gasteiger charge is -2.23. The van der Waals surface area contributed by atoms with E-state index in [-0.39, 0.29) is 11.8 Å². The average Bonchev–Trinajstić information content (AvgIpc) is 2.71. The lowest BCUT2D eigenvalue weighted by atomic mass is 9.87. The summed E-state index contributed by atoms with van der Waals surface area (Å²) >= 11 is 0. The molecule has 6 nitrogen and oxygen atoms in total. The highest BCUT2D eigenvalue weighted by atomic mass is 16.6. The summed E-state index contributed by atoms with van der Waals surface area (Å²) in [4.78, 5) is 24.6. The number of carbonyl (C=O) groups excluding carboxylic acids is 2. The topological polar surface area (TPSA) is 73.9 Å². The molecule has 0 heterocycles. The van der Waals surface area contributed by atoms with Gasteiger partial charge in [0, 0.05) is 6.42 Å². The number of nitrogens with one attached hydrogen (secondary N) is 1. The van der Waals surface area contributed by atoms with Crippen molar-refractivity contribution in [2.24, 2.45) is 0 Å². The van der Waals surface area contributed by atoms with Gasteiger partial charge < -0.3 is 19.5 Å². The van der Waals surface area contributed by atoms with Crippen molar-refractivity contribution < 1.29 is 23.8 Å². The number of hydrogen-bond donors (Lipinski definition) is 1. The van der Waals surface area contributed by atoms with Crippen LogP contribution >= 0.6 is 0 Å². The predicted octanol–water partition coefficient (Wildman–Crippen LogP) is 5.79. The van der Waals surface area contributed by atoms with Crippen LogP contribution in [0.15, 0.2) is 36.4 Å². The maximum atomic E-state index is 12.3. The van der Waals surface area contributed by atoms with Gasteiger partial charge in [-0.3, -0.25) is 0 Å². The van der Waals surface area contributed by atoms with Gasteiger partial charge in [-0.1, -0.05) is 45.0 Å². The van der Waals surface area contributed by atoms with Gasteiger partial charge in [0.1, 0.15) is 24.0 Å². The molecule has 0 aliphatic rings. The fourth-order valence-corrected chi connectivity index (χ4v) is 3.62. The van der Waals surface area contributed by atoms with Crippen molar-refractivity contribution in [2.45, 2.75) is 85.5 Å². The van der Waals surface area contributed by atoms with E-state index in [0.29, 0.717) is 6.61 Å². The Balaban J connectivity index is 2.12. The van der Waals surface area contributed by atoms with E-state index in [1.54, 1.807) is 20.8 Å². The second-order valence-corrected chi connectivity index (χ2v) is 10.7. The number of ether oxygens (including phenoxy) is 3. The van der Waals surface area contributed by atoms with Crippen LogP contribution in [0.4, 0.5) is 4.79 Å². The fraction of sp³-hybridized carbons (Fsp3) is 0.500.